The first-order valence-corrected chi connectivity index (χ1v) is 12.7. The minimum atomic E-state index is -1.55. The molecule has 0 aromatic heterocycles. The predicted molar refractivity (Wildman–Crippen MR) is 119 cm³/mol. The Morgan fingerprint density at radius 1 is 1.06 bits per heavy atom. The summed E-state index contributed by atoms with van der Waals surface area (Å²) in [7, 11) is 6.85. The van der Waals surface area contributed by atoms with Gasteiger partial charge >= 0.3 is 0 Å². The largest absolute Gasteiger partial charge is 0.392 e. The molecule has 1 aliphatic heterocycles. The zero-order valence-electron chi connectivity index (χ0n) is 20.6. The van der Waals surface area contributed by atoms with Crippen molar-refractivity contribution in [2.24, 2.45) is 34.5 Å². The third kappa shape index (κ3) is 2.20. The molecule has 5 saturated carbocycles. The Kier molecular flexibility index (Phi) is 4.99. The van der Waals surface area contributed by atoms with Crippen molar-refractivity contribution >= 4 is 0 Å². The van der Waals surface area contributed by atoms with E-state index in [2.05, 4.69) is 11.8 Å². The highest BCUT2D eigenvalue weighted by molar-refractivity contribution is 5.41. The quantitative estimate of drug-likeness (QED) is 0.512. The number of aliphatic hydroxyl groups is 3. The van der Waals surface area contributed by atoms with Crippen LogP contribution < -0.4 is 0 Å². The van der Waals surface area contributed by atoms with Gasteiger partial charge in [-0.15, -0.1) is 0 Å². The fourth-order valence-corrected chi connectivity index (χ4v) is 11.0. The van der Waals surface area contributed by atoms with Gasteiger partial charge in [0.05, 0.1) is 37.1 Å². The number of rotatable bonds is 6. The van der Waals surface area contributed by atoms with Gasteiger partial charge in [0, 0.05) is 70.0 Å². The summed E-state index contributed by atoms with van der Waals surface area (Å²) >= 11 is 0. The van der Waals surface area contributed by atoms with Gasteiger partial charge in [-0.2, -0.15) is 0 Å². The van der Waals surface area contributed by atoms with Crippen LogP contribution in [0.3, 0.4) is 0 Å². The first-order valence-electron chi connectivity index (χ1n) is 12.7. The van der Waals surface area contributed by atoms with Crippen LogP contribution >= 0.6 is 0 Å². The number of hydrogen-bond donors (Lipinski definition) is 3. The standard InChI is InChI=1S/C25H41NO7/c1-6-26-11-22(12-30-2)8-7-16(32-4)24-14-9-13-15(31-3)10-23(28,17(14)18(13)27)25(29,21(24)26)20(33-5)19(22)24/h13-21,27-29H,6-12H2,1-5H3/t13-,14-,15+,16+,17-,18-,19-,20+,21+,22+,23-,24+,25-/m1/s1. The number of likely N-dealkylation sites (tertiary alicyclic amines) is 1. The molecule has 0 aromatic rings. The second kappa shape index (κ2) is 7.13. The molecule has 1 saturated heterocycles. The van der Waals surface area contributed by atoms with Crippen molar-refractivity contribution in [3.05, 3.63) is 0 Å². The van der Waals surface area contributed by atoms with Crippen LogP contribution in [0, 0.1) is 34.5 Å². The van der Waals surface area contributed by atoms with Crippen molar-refractivity contribution in [1.29, 1.82) is 0 Å². The number of likely N-dealkylation sites (N-methyl/N-ethyl adjacent to an activating group) is 1. The molecule has 1 heterocycles. The lowest BCUT2D eigenvalue weighted by atomic mass is 9.42. The Labute approximate surface area is 196 Å². The van der Waals surface area contributed by atoms with Crippen molar-refractivity contribution in [2.75, 3.05) is 48.1 Å². The van der Waals surface area contributed by atoms with E-state index < -0.39 is 34.7 Å². The monoisotopic (exact) mass is 467 g/mol. The molecule has 0 amide bonds. The SMILES string of the molecule is CCN1C[C@]2(COC)CC[C@H](OC)[C@@]34[C@@H]5C[C@H]6[C@@H](O)[C@@H]5[C@](O)(C[C@@H]6OC)[C@@](O)([C@@H](OC)[C@H]23)[C@@H]14. The summed E-state index contributed by atoms with van der Waals surface area (Å²) in [5.41, 5.74) is -3.70. The smallest absolute Gasteiger partial charge is 0.136 e. The van der Waals surface area contributed by atoms with Crippen LogP contribution in [0.1, 0.15) is 32.6 Å². The van der Waals surface area contributed by atoms with Crippen LogP contribution in [0.5, 0.6) is 0 Å². The number of methoxy groups -OCH3 is 4. The maximum absolute atomic E-state index is 12.9. The van der Waals surface area contributed by atoms with Gasteiger partial charge in [0.15, 0.2) is 0 Å². The topological polar surface area (TPSA) is 101 Å². The molecule has 7 bridgehead atoms. The summed E-state index contributed by atoms with van der Waals surface area (Å²) in [5, 5.41) is 37.1. The molecule has 6 rings (SSSR count). The summed E-state index contributed by atoms with van der Waals surface area (Å²) in [6, 6.07) is -0.312. The third-order valence-corrected chi connectivity index (χ3v) is 11.5. The zero-order chi connectivity index (χ0) is 23.6. The number of hydrogen-bond acceptors (Lipinski definition) is 8. The zero-order valence-corrected chi connectivity index (χ0v) is 20.6. The van der Waals surface area contributed by atoms with Crippen LogP contribution in [0.4, 0.5) is 0 Å². The van der Waals surface area contributed by atoms with Crippen molar-refractivity contribution in [3.8, 4) is 0 Å². The van der Waals surface area contributed by atoms with Gasteiger partial charge in [0.1, 0.15) is 11.2 Å². The Morgan fingerprint density at radius 3 is 2.42 bits per heavy atom. The first-order chi connectivity index (χ1) is 15.8. The average Bonchev–Trinajstić information content (AvgIpc) is 3.16. The maximum atomic E-state index is 12.9. The molecule has 5 aliphatic carbocycles. The van der Waals surface area contributed by atoms with Crippen molar-refractivity contribution < 1.29 is 34.3 Å². The summed E-state index contributed by atoms with van der Waals surface area (Å²) in [6.45, 7) is 4.28. The Hall–Kier alpha value is -0.320. The molecule has 33 heavy (non-hydrogen) atoms. The Balaban J connectivity index is 1.68. The summed E-state index contributed by atoms with van der Waals surface area (Å²) in [5.74, 6) is -0.492. The second-order valence-corrected chi connectivity index (χ2v) is 11.9. The van der Waals surface area contributed by atoms with Gasteiger partial charge in [0.25, 0.3) is 0 Å². The molecule has 8 nitrogen and oxygen atoms in total. The van der Waals surface area contributed by atoms with Crippen LogP contribution in [0.15, 0.2) is 0 Å². The van der Waals surface area contributed by atoms with Gasteiger partial charge in [-0.05, 0) is 31.7 Å². The lowest BCUT2D eigenvalue weighted by Gasteiger charge is -2.70. The molecule has 6 fully saturated rings. The summed E-state index contributed by atoms with van der Waals surface area (Å²) in [4.78, 5) is 2.38. The highest BCUT2D eigenvalue weighted by atomic mass is 16.5. The lowest BCUT2D eigenvalue weighted by molar-refractivity contribution is -0.318. The minimum Gasteiger partial charge on any atom is -0.392 e. The van der Waals surface area contributed by atoms with Crippen LogP contribution in [-0.2, 0) is 18.9 Å². The highest BCUT2D eigenvalue weighted by Crippen LogP contribution is 2.80. The number of ether oxygens (including phenoxy) is 4. The van der Waals surface area contributed by atoms with Crippen molar-refractivity contribution in [2.45, 2.75) is 74.3 Å². The Morgan fingerprint density at radius 2 is 1.82 bits per heavy atom. The molecule has 6 aliphatic rings. The van der Waals surface area contributed by atoms with Gasteiger partial charge < -0.3 is 34.3 Å². The molecule has 0 aromatic carbocycles. The highest BCUT2D eigenvalue weighted by Gasteiger charge is 2.91. The molecule has 0 radical (unpaired) electrons. The van der Waals surface area contributed by atoms with E-state index in [9.17, 15) is 15.3 Å². The molecule has 0 unspecified atom stereocenters. The first kappa shape index (κ1) is 23.1. The van der Waals surface area contributed by atoms with Gasteiger partial charge in [-0.1, -0.05) is 6.92 Å². The molecule has 3 N–H and O–H groups in total. The van der Waals surface area contributed by atoms with Gasteiger partial charge in [-0.3, -0.25) is 4.90 Å². The third-order valence-electron chi connectivity index (χ3n) is 11.5. The second-order valence-electron chi connectivity index (χ2n) is 11.9. The number of nitrogens with zero attached hydrogens (tertiary/aromatic N) is 1. The number of aliphatic hydroxyl groups excluding tert-OH is 1. The van der Waals surface area contributed by atoms with E-state index in [-0.39, 0.29) is 41.4 Å². The molecule has 188 valence electrons. The molecule has 1 spiro atoms. The minimum absolute atomic E-state index is 0.00825. The van der Waals surface area contributed by atoms with E-state index in [1.165, 1.54) is 0 Å². The maximum Gasteiger partial charge on any atom is 0.136 e. The molecule has 8 heteroatoms. The van der Waals surface area contributed by atoms with E-state index in [1.54, 1.807) is 28.4 Å². The summed E-state index contributed by atoms with van der Waals surface area (Å²) in [6.07, 6.45) is 1.21. The van der Waals surface area contributed by atoms with Crippen LogP contribution in [0.2, 0.25) is 0 Å². The fraction of sp³-hybridized carbons (Fsp3) is 1.00. The van der Waals surface area contributed by atoms with Crippen molar-refractivity contribution in [1.82, 2.24) is 4.90 Å². The number of piperidine rings is 1. The number of fused-ring (bicyclic) bond motifs is 2. The van der Waals surface area contributed by atoms with E-state index >= 15 is 0 Å². The predicted octanol–water partition coefficient (Wildman–Crippen LogP) is 0.271. The summed E-state index contributed by atoms with van der Waals surface area (Å²) < 4.78 is 24.2. The van der Waals surface area contributed by atoms with E-state index in [1.807, 2.05) is 0 Å². The van der Waals surface area contributed by atoms with Gasteiger partial charge in [0.2, 0.25) is 0 Å². The Bertz CT molecular complexity index is 814. The van der Waals surface area contributed by atoms with E-state index in [0.717, 1.165) is 32.4 Å². The van der Waals surface area contributed by atoms with Crippen LogP contribution in [0.25, 0.3) is 0 Å². The fourth-order valence-electron chi connectivity index (χ4n) is 11.0. The average molecular weight is 468 g/mol. The van der Waals surface area contributed by atoms with E-state index in [0.29, 0.717) is 13.0 Å². The van der Waals surface area contributed by atoms with E-state index in [4.69, 9.17) is 18.9 Å². The normalized spacial score (nSPS) is 60.9. The van der Waals surface area contributed by atoms with Gasteiger partial charge in [-0.25, -0.2) is 0 Å². The van der Waals surface area contributed by atoms with Crippen LogP contribution in [-0.4, -0.2) is 110 Å². The molecule has 13 atom stereocenters. The molecular formula is C25H41NO7. The lowest BCUT2D eigenvalue weighted by Crippen LogP contribution is -2.82. The van der Waals surface area contributed by atoms with Crippen molar-refractivity contribution in [3.63, 3.8) is 0 Å². The molecular weight excluding hydrogens is 426 g/mol.